The Morgan fingerprint density at radius 1 is 1.12 bits per heavy atom. The molecule has 0 aliphatic carbocycles. The molecule has 218 valence electrons. The van der Waals surface area contributed by atoms with Crippen LogP contribution in [0.5, 0.6) is 0 Å². The molecule has 1 unspecified atom stereocenters. The van der Waals surface area contributed by atoms with Crippen LogP contribution in [0.3, 0.4) is 0 Å². The summed E-state index contributed by atoms with van der Waals surface area (Å²) in [6.07, 6.45) is 1.60. The molecule has 8 nitrogen and oxygen atoms in total. The van der Waals surface area contributed by atoms with Gasteiger partial charge in [0, 0.05) is 17.8 Å². The van der Waals surface area contributed by atoms with E-state index in [-0.39, 0.29) is 5.04 Å². The zero-order valence-corrected chi connectivity index (χ0v) is 26.7. The summed E-state index contributed by atoms with van der Waals surface area (Å²) in [5.74, 6) is -0.838. The van der Waals surface area contributed by atoms with Gasteiger partial charge in [-0.2, -0.15) is 0 Å². The number of halogens is 2. The average molecular weight is 609 g/mol. The Morgan fingerprint density at radius 3 is 2.58 bits per heavy atom. The van der Waals surface area contributed by atoms with Gasteiger partial charge in [-0.3, -0.25) is 0 Å². The summed E-state index contributed by atoms with van der Waals surface area (Å²) in [5, 5.41) is 13.6. The highest BCUT2D eigenvalue weighted by Gasteiger charge is 2.58. The highest BCUT2D eigenvalue weighted by molar-refractivity contribution is 6.74. The van der Waals surface area contributed by atoms with Gasteiger partial charge in [-0.25, -0.2) is 9.97 Å². The molecule has 0 amide bonds. The van der Waals surface area contributed by atoms with Crippen LogP contribution in [0.4, 0.5) is 0 Å². The van der Waals surface area contributed by atoms with Crippen molar-refractivity contribution < 1.29 is 23.7 Å². The minimum absolute atomic E-state index is 0.150. The first-order valence-electron chi connectivity index (χ1n) is 13.8. The Hall–Kier alpha value is -1.56. The monoisotopic (exact) mass is 607 g/mol. The number of rotatable bonds is 8. The van der Waals surface area contributed by atoms with Gasteiger partial charge in [-0.05, 0) is 74.1 Å². The van der Waals surface area contributed by atoms with E-state index in [4.69, 9.17) is 41.8 Å². The first-order valence-corrected chi connectivity index (χ1v) is 17.4. The average Bonchev–Trinajstić information content (AvgIpc) is 3.52. The van der Waals surface area contributed by atoms with Gasteiger partial charge in [0.05, 0.1) is 5.39 Å². The maximum Gasteiger partial charge on any atom is 0.191 e. The summed E-state index contributed by atoms with van der Waals surface area (Å²) in [6.45, 7) is 15.6. The fraction of sp³-hybridized carbons (Fsp3) is 0.586. The highest BCUT2D eigenvalue weighted by atomic mass is 35.5. The largest absolute Gasteiger partial charge is 0.417 e. The molecule has 0 radical (unpaired) electrons. The quantitative estimate of drug-likeness (QED) is 0.170. The smallest absolute Gasteiger partial charge is 0.191 e. The van der Waals surface area contributed by atoms with E-state index in [1.807, 2.05) is 42.8 Å². The molecule has 5 rings (SSSR count). The normalized spacial score (nSPS) is 25.4. The van der Waals surface area contributed by atoms with E-state index in [2.05, 4.69) is 43.8 Å². The SMILES string of the molecule is CC1(C)O[C@@H]2[C@H](O1)[C@@H](C(O)c1ccc(Cl)cc1CCCO[Si](C)(C)C(C)(C)C)O[C@H]2n1ccc2c(Cl)ncnc21. The van der Waals surface area contributed by atoms with E-state index in [1.165, 1.54) is 6.33 Å². The minimum atomic E-state index is -1.84. The van der Waals surface area contributed by atoms with E-state index < -0.39 is 44.7 Å². The van der Waals surface area contributed by atoms with E-state index in [9.17, 15) is 5.11 Å². The molecule has 0 saturated carbocycles. The van der Waals surface area contributed by atoms with Crippen molar-refractivity contribution in [1.29, 1.82) is 0 Å². The zero-order valence-electron chi connectivity index (χ0n) is 24.1. The molecule has 0 bridgehead atoms. The topological polar surface area (TPSA) is 87.9 Å². The third-order valence-electron chi connectivity index (χ3n) is 8.39. The van der Waals surface area contributed by atoms with Gasteiger partial charge in [0.2, 0.25) is 0 Å². The lowest BCUT2D eigenvalue weighted by Crippen LogP contribution is -2.41. The van der Waals surface area contributed by atoms with E-state index in [0.717, 1.165) is 17.5 Å². The third kappa shape index (κ3) is 5.72. The number of aliphatic hydroxyl groups is 1. The summed E-state index contributed by atoms with van der Waals surface area (Å²) in [7, 11) is -1.84. The first kappa shape index (κ1) is 29.9. The molecular formula is C29H39Cl2N3O5Si. The summed E-state index contributed by atoms with van der Waals surface area (Å²) < 4.78 is 27.4. The van der Waals surface area contributed by atoms with Crippen LogP contribution in [-0.2, 0) is 25.1 Å². The maximum atomic E-state index is 11.8. The number of nitrogens with zero attached hydrogens (tertiary/aromatic N) is 3. The Labute approximate surface area is 247 Å². The Kier molecular flexibility index (Phi) is 8.17. The number of fused-ring (bicyclic) bond motifs is 2. The minimum Gasteiger partial charge on any atom is -0.417 e. The van der Waals surface area contributed by atoms with Gasteiger partial charge in [0.1, 0.15) is 41.5 Å². The molecule has 1 aromatic carbocycles. The van der Waals surface area contributed by atoms with Crippen molar-refractivity contribution in [2.75, 3.05) is 6.61 Å². The molecule has 2 aliphatic heterocycles. The van der Waals surface area contributed by atoms with Gasteiger partial charge >= 0.3 is 0 Å². The van der Waals surface area contributed by atoms with Crippen LogP contribution < -0.4 is 0 Å². The summed E-state index contributed by atoms with van der Waals surface area (Å²) >= 11 is 12.7. The maximum absolute atomic E-state index is 11.8. The molecule has 1 N–H and O–H groups in total. The van der Waals surface area contributed by atoms with Gasteiger partial charge in [0.15, 0.2) is 20.3 Å². The second-order valence-corrected chi connectivity index (χ2v) is 18.3. The first-order chi connectivity index (χ1) is 18.7. The summed E-state index contributed by atoms with van der Waals surface area (Å²) in [6, 6.07) is 7.45. The van der Waals surface area contributed by atoms with Crippen LogP contribution in [0.1, 0.15) is 64.5 Å². The second kappa shape index (κ2) is 10.9. The fourth-order valence-corrected chi connectivity index (χ4v) is 6.77. The van der Waals surface area contributed by atoms with Crippen LogP contribution in [0.25, 0.3) is 11.0 Å². The summed E-state index contributed by atoms with van der Waals surface area (Å²) in [4.78, 5) is 8.51. The lowest BCUT2D eigenvalue weighted by atomic mass is 9.93. The molecule has 40 heavy (non-hydrogen) atoms. The van der Waals surface area contributed by atoms with Crippen LogP contribution >= 0.6 is 23.2 Å². The van der Waals surface area contributed by atoms with Crippen molar-refractivity contribution >= 4 is 42.6 Å². The lowest BCUT2D eigenvalue weighted by Gasteiger charge is -2.36. The Bertz CT molecular complexity index is 1380. The van der Waals surface area contributed by atoms with Crippen LogP contribution in [0, 0.1) is 0 Å². The van der Waals surface area contributed by atoms with Crippen LogP contribution in [-0.4, -0.2) is 58.7 Å². The number of hydrogen-bond acceptors (Lipinski definition) is 7. The van der Waals surface area contributed by atoms with Crippen molar-refractivity contribution in [2.45, 2.75) is 102 Å². The van der Waals surface area contributed by atoms with Crippen molar-refractivity contribution in [3.63, 3.8) is 0 Å². The van der Waals surface area contributed by atoms with Gasteiger partial charge in [0.25, 0.3) is 0 Å². The van der Waals surface area contributed by atoms with Gasteiger partial charge < -0.3 is 28.3 Å². The number of aryl methyl sites for hydroxylation is 1. The predicted molar refractivity (Wildman–Crippen MR) is 158 cm³/mol. The molecule has 2 saturated heterocycles. The van der Waals surface area contributed by atoms with Crippen molar-refractivity contribution in [2.24, 2.45) is 0 Å². The molecule has 5 atom stereocenters. The summed E-state index contributed by atoms with van der Waals surface area (Å²) in [5.41, 5.74) is 2.35. The van der Waals surface area contributed by atoms with Crippen LogP contribution in [0.2, 0.25) is 28.3 Å². The number of ether oxygens (including phenoxy) is 3. The predicted octanol–water partition coefficient (Wildman–Crippen LogP) is 6.84. The van der Waals surface area contributed by atoms with Gasteiger partial charge in [-0.1, -0.05) is 50.0 Å². The van der Waals surface area contributed by atoms with E-state index >= 15 is 0 Å². The van der Waals surface area contributed by atoms with E-state index in [1.54, 1.807) is 6.07 Å². The molecule has 2 fully saturated rings. The van der Waals surface area contributed by atoms with Crippen molar-refractivity contribution in [1.82, 2.24) is 14.5 Å². The van der Waals surface area contributed by atoms with Crippen LogP contribution in [0.15, 0.2) is 36.8 Å². The molecule has 4 heterocycles. The molecule has 2 aliphatic rings. The fourth-order valence-electron chi connectivity index (χ4n) is 5.29. The highest BCUT2D eigenvalue weighted by Crippen LogP contribution is 2.47. The Morgan fingerprint density at radius 2 is 1.85 bits per heavy atom. The zero-order chi connectivity index (χ0) is 29.0. The van der Waals surface area contributed by atoms with Crippen molar-refractivity contribution in [3.8, 4) is 0 Å². The number of aromatic nitrogens is 3. The molecule has 11 heteroatoms. The molecule has 2 aromatic heterocycles. The number of benzene rings is 1. The van der Waals surface area contributed by atoms with Gasteiger partial charge in [-0.15, -0.1) is 0 Å². The number of aliphatic hydroxyl groups excluding tert-OH is 1. The third-order valence-corrected chi connectivity index (χ3v) is 13.5. The Balaban J connectivity index is 1.39. The molecule has 3 aromatic rings. The number of hydrogen-bond donors (Lipinski definition) is 1. The second-order valence-electron chi connectivity index (χ2n) is 12.7. The lowest BCUT2D eigenvalue weighted by molar-refractivity contribution is -0.207. The van der Waals surface area contributed by atoms with Crippen molar-refractivity contribution in [3.05, 3.63) is 58.1 Å². The molecular weight excluding hydrogens is 569 g/mol. The standard InChI is InChI=1S/C29H39Cl2N3O5Si/c1-28(2,3)40(6,7)36-14-8-9-17-15-18(30)10-11-19(17)21(35)22-23-24(39-29(4,5)38-23)27(37-22)34-13-12-20-25(31)32-16-33-26(20)34/h10-13,15-16,21-24,27,35H,8-9,14H2,1-7H3/t21?,22-,23-,24-,27-/m1/s1. The molecule has 0 spiro atoms. The van der Waals surface area contributed by atoms with E-state index in [0.29, 0.717) is 34.2 Å².